The van der Waals surface area contributed by atoms with Crippen molar-refractivity contribution in [2.45, 2.75) is 19.4 Å². The van der Waals surface area contributed by atoms with Gasteiger partial charge in [-0.15, -0.1) is 12.4 Å². The molecule has 3 aromatic heterocycles. The lowest BCUT2D eigenvalue weighted by atomic mass is 10.1. The van der Waals surface area contributed by atoms with Crippen LogP contribution in [0.2, 0.25) is 0 Å². The predicted molar refractivity (Wildman–Crippen MR) is 138 cm³/mol. The first-order chi connectivity index (χ1) is 16.8. The third-order valence-electron chi connectivity index (χ3n) is 6.24. The van der Waals surface area contributed by atoms with Crippen LogP contribution in [0.4, 0.5) is 11.8 Å². The first-order valence-electron chi connectivity index (χ1n) is 11.9. The van der Waals surface area contributed by atoms with Crippen LogP contribution in [0.1, 0.15) is 18.4 Å². The Hall–Kier alpha value is -3.27. The van der Waals surface area contributed by atoms with Gasteiger partial charge in [-0.1, -0.05) is 6.07 Å². The van der Waals surface area contributed by atoms with Gasteiger partial charge in [-0.3, -0.25) is 4.90 Å². The Morgan fingerprint density at radius 3 is 2.71 bits per heavy atom. The molecule has 0 amide bonds. The summed E-state index contributed by atoms with van der Waals surface area (Å²) in [5.74, 6) is 2.10. The Balaban J connectivity index is 0.00000253. The van der Waals surface area contributed by atoms with Gasteiger partial charge in [0.2, 0.25) is 5.95 Å². The highest BCUT2D eigenvalue weighted by atomic mass is 35.5. The molecule has 182 valence electrons. The van der Waals surface area contributed by atoms with E-state index >= 15 is 0 Å². The lowest BCUT2D eigenvalue weighted by molar-refractivity contribution is 0.233. The second-order valence-corrected chi connectivity index (χ2v) is 9.00. The molecule has 6 rings (SSSR count). The van der Waals surface area contributed by atoms with E-state index in [2.05, 4.69) is 58.7 Å². The molecular weight excluding hydrogens is 464 g/mol. The molecule has 4 heterocycles. The van der Waals surface area contributed by atoms with Gasteiger partial charge < -0.3 is 20.4 Å². The monoisotopic (exact) mass is 492 g/mol. The topological polar surface area (TPSA) is 104 Å². The van der Waals surface area contributed by atoms with Crippen molar-refractivity contribution in [2.75, 3.05) is 38.1 Å². The van der Waals surface area contributed by atoms with Crippen LogP contribution in [0, 0.1) is 5.92 Å². The summed E-state index contributed by atoms with van der Waals surface area (Å²) in [4.78, 5) is 23.8. The molecule has 4 aromatic rings. The Bertz CT molecular complexity index is 1290. The molecule has 0 unspecified atom stereocenters. The number of fused-ring (bicyclic) bond motifs is 1. The van der Waals surface area contributed by atoms with Gasteiger partial charge >= 0.3 is 6.01 Å². The Kier molecular flexibility index (Phi) is 7.08. The standard InChI is InChI=1S/C25H28N8O.ClH/c1-2-17(1)16-34-25-28-8-6-20(31-25)19-3-4-21-22(14-19)30-24(29-21)32-23-13-18(5-7-27-23)15-33-11-9-26-10-12-33;/h3-8,13-14,17,26H,1-2,9-12,15-16H2,(H2,27,29,30,32);1H. The molecule has 1 saturated carbocycles. The molecule has 1 aromatic carbocycles. The number of H-pyrrole nitrogens is 1. The van der Waals surface area contributed by atoms with Gasteiger partial charge in [0, 0.05) is 50.7 Å². The number of anilines is 2. The lowest BCUT2D eigenvalue weighted by Crippen LogP contribution is -2.42. The average Bonchev–Trinajstić information content (AvgIpc) is 3.61. The minimum absolute atomic E-state index is 0. The first kappa shape index (κ1) is 23.5. The van der Waals surface area contributed by atoms with Crippen LogP contribution >= 0.6 is 12.4 Å². The molecule has 0 atom stereocenters. The second-order valence-electron chi connectivity index (χ2n) is 9.00. The maximum Gasteiger partial charge on any atom is 0.316 e. The number of halogens is 1. The molecule has 3 N–H and O–H groups in total. The maximum absolute atomic E-state index is 5.74. The Labute approximate surface area is 210 Å². The normalized spacial score (nSPS) is 16.1. The van der Waals surface area contributed by atoms with E-state index in [1.54, 1.807) is 6.20 Å². The molecule has 10 heteroatoms. The van der Waals surface area contributed by atoms with Crippen LogP contribution in [0.3, 0.4) is 0 Å². The highest BCUT2D eigenvalue weighted by Crippen LogP contribution is 2.29. The van der Waals surface area contributed by atoms with E-state index in [1.165, 1.54) is 18.4 Å². The number of ether oxygens (including phenoxy) is 1. The van der Waals surface area contributed by atoms with Crippen LogP contribution < -0.4 is 15.4 Å². The average molecular weight is 493 g/mol. The number of hydrogen-bond acceptors (Lipinski definition) is 8. The zero-order valence-corrected chi connectivity index (χ0v) is 20.2. The van der Waals surface area contributed by atoms with Gasteiger partial charge in [0.25, 0.3) is 0 Å². The molecule has 0 spiro atoms. The number of benzene rings is 1. The second kappa shape index (κ2) is 10.6. The Morgan fingerprint density at radius 2 is 1.86 bits per heavy atom. The molecule has 9 nitrogen and oxygen atoms in total. The van der Waals surface area contributed by atoms with E-state index in [4.69, 9.17) is 4.74 Å². The van der Waals surface area contributed by atoms with Crippen molar-refractivity contribution in [1.29, 1.82) is 0 Å². The van der Waals surface area contributed by atoms with Crippen LogP contribution in [-0.2, 0) is 6.54 Å². The number of imidazole rings is 1. The van der Waals surface area contributed by atoms with Gasteiger partial charge in [-0.2, -0.15) is 4.98 Å². The minimum Gasteiger partial charge on any atom is -0.463 e. The van der Waals surface area contributed by atoms with E-state index in [9.17, 15) is 0 Å². The van der Waals surface area contributed by atoms with Crippen molar-refractivity contribution in [3.8, 4) is 17.3 Å². The number of rotatable bonds is 8. The zero-order chi connectivity index (χ0) is 22.7. The van der Waals surface area contributed by atoms with Gasteiger partial charge in [0.1, 0.15) is 5.82 Å². The molecule has 0 radical (unpaired) electrons. The lowest BCUT2D eigenvalue weighted by Gasteiger charge is -2.27. The van der Waals surface area contributed by atoms with E-state index in [0.29, 0.717) is 24.5 Å². The molecule has 1 aliphatic heterocycles. The highest BCUT2D eigenvalue weighted by molar-refractivity contribution is 5.85. The molecular formula is C25H29ClN8O. The maximum atomic E-state index is 5.74. The van der Waals surface area contributed by atoms with Gasteiger partial charge in [0.05, 0.1) is 23.3 Å². The summed E-state index contributed by atoms with van der Waals surface area (Å²) in [5.41, 5.74) is 4.85. The van der Waals surface area contributed by atoms with Crippen molar-refractivity contribution in [2.24, 2.45) is 5.92 Å². The summed E-state index contributed by atoms with van der Waals surface area (Å²) < 4.78 is 5.74. The summed E-state index contributed by atoms with van der Waals surface area (Å²) in [6, 6.07) is 12.6. The summed E-state index contributed by atoms with van der Waals surface area (Å²) >= 11 is 0. The van der Waals surface area contributed by atoms with Crippen molar-refractivity contribution in [3.63, 3.8) is 0 Å². The molecule has 1 saturated heterocycles. The van der Waals surface area contributed by atoms with Crippen molar-refractivity contribution < 1.29 is 4.74 Å². The summed E-state index contributed by atoms with van der Waals surface area (Å²) in [7, 11) is 0. The first-order valence-corrected chi connectivity index (χ1v) is 11.9. The van der Waals surface area contributed by atoms with Crippen LogP contribution in [0.5, 0.6) is 6.01 Å². The minimum atomic E-state index is 0. The van der Waals surface area contributed by atoms with Crippen molar-refractivity contribution >= 4 is 35.2 Å². The predicted octanol–water partition coefficient (Wildman–Crippen LogP) is 3.77. The largest absolute Gasteiger partial charge is 0.463 e. The van der Waals surface area contributed by atoms with E-state index in [0.717, 1.165) is 60.8 Å². The summed E-state index contributed by atoms with van der Waals surface area (Å²) in [5, 5.41) is 6.71. The smallest absolute Gasteiger partial charge is 0.316 e. The third kappa shape index (κ3) is 5.87. The van der Waals surface area contributed by atoms with Crippen LogP contribution in [0.15, 0.2) is 48.8 Å². The summed E-state index contributed by atoms with van der Waals surface area (Å²) in [6.07, 6.45) is 6.07. The third-order valence-corrected chi connectivity index (χ3v) is 6.24. The number of aromatic nitrogens is 5. The molecule has 1 aliphatic carbocycles. The fourth-order valence-corrected chi connectivity index (χ4v) is 4.17. The number of nitrogens with zero attached hydrogens (tertiary/aromatic N) is 5. The number of piperazine rings is 1. The molecule has 2 aliphatic rings. The molecule has 2 fully saturated rings. The fraction of sp³-hybridized carbons (Fsp3) is 0.360. The van der Waals surface area contributed by atoms with E-state index < -0.39 is 0 Å². The van der Waals surface area contributed by atoms with Gasteiger partial charge in [0.15, 0.2) is 0 Å². The fourth-order valence-electron chi connectivity index (χ4n) is 4.17. The van der Waals surface area contributed by atoms with Gasteiger partial charge in [-0.05, 0) is 54.7 Å². The van der Waals surface area contributed by atoms with Crippen molar-refractivity contribution in [1.82, 2.24) is 35.1 Å². The molecule has 0 bridgehead atoms. The van der Waals surface area contributed by atoms with E-state index in [-0.39, 0.29) is 12.4 Å². The number of aromatic amines is 1. The van der Waals surface area contributed by atoms with Gasteiger partial charge in [-0.25, -0.2) is 15.0 Å². The molecule has 35 heavy (non-hydrogen) atoms. The number of hydrogen-bond donors (Lipinski definition) is 3. The highest BCUT2D eigenvalue weighted by Gasteiger charge is 2.22. The summed E-state index contributed by atoms with van der Waals surface area (Å²) in [6.45, 7) is 5.84. The quantitative estimate of drug-likeness (QED) is 0.341. The zero-order valence-electron chi connectivity index (χ0n) is 19.4. The Morgan fingerprint density at radius 1 is 1.00 bits per heavy atom. The SMILES string of the molecule is Cl.c1cc(CN2CCNCC2)cc(Nc2nc3ccc(-c4ccnc(OCC5CC5)n4)cc3[nH]2)n1. The van der Waals surface area contributed by atoms with Crippen LogP contribution in [0.25, 0.3) is 22.3 Å². The number of pyridine rings is 1. The van der Waals surface area contributed by atoms with Crippen molar-refractivity contribution in [3.05, 3.63) is 54.4 Å². The van der Waals surface area contributed by atoms with E-state index in [1.807, 2.05) is 24.4 Å². The number of nitrogens with one attached hydrogen (secondary N) is 3. The van der Waals surface area contributed by atoms with Crippen LogP contribution in [-0.4, -0.2) is 62.6 Å².